The van der Waals surface area contributed by atoms with E-state index < -0.39 is 15.6 Å². The molecule has 0 aromatic heterocycles. The van der Waals surface area contributed by atoms with E-state index in [1.807, 2.05) is 132 Å². The molecule has 4 aromatic rings. The quantitative estimate of drug-likeness (QED) is 0.135. The second kappa shape index (κ2) is 21.4. The maximum absolute atomic E-state index is 13.1. The van der Waals surface area contributed by atoms with Crippen molar-refractivity contribution in [2.75, 3.05) is 0 Å². The fourth-order valence-electron chi connectivity index (χ4n) is 7.17. The van der Waals surface area contributed by atoms with Crippen molar-refractivity contribution in [3.8, 4) is 23.0 Å². The molecule has 0 heterocycles. The zero-order valence-electron chi connectivity index (χ0n) is 46.1. The van der Waals surface area contributed by atoms with E-state index in [1.54, 1.807) is 24.3 Å². The van der Waals surface area contributed by atoms with Gasteiger partial charge in [-0.05, 0) is 89.8 Å². The van der Waals surface area contributed by atoms with Crippen LogP contribution in [0.5, 0.6) is 23.0 Å². The normalized spacial score (nSPS) is 13.4. The Hall–Kier alpha value is -3.05. The van der Waals surface area contributed by atoms with E-state index in [-0.39, 0.29) is 43.3 Å². The first-order valence-electron chi connectivity index (χ1n) is 23.5. The molecule has 0 spiro atoms. The molecule has 0 saturated carbocycles. The van der Waals surface area contributed by atoms with E-state index in [4.69, 9.17) is 22.3 Å². The molecule has 0 amide bonds. The van der Waals surface area contributed by atoms with Crippen molar-refractivity contribution < 1.29 is 41.2 Å². The Balaban J connectivity index is 0.000000450. The summed E-state index contributed by atoms with van der Waals surface area (Å²) in [6, 6.07) is 22.8. The number of rotatable bonds is 8. The molecule has 0 bridgehead atoms. The number of hydrogen-bond donors (Lipinski definition) is 1. The van der Waals surface area contributed by atoms with Crippen LogP contribution in [0.2, 0.25) is 0 Å². The number of phosphoric acid groups is 2. The van der Waals surface area contributed by atoms with Crippen LogP contribution < -0.4 is 27.9 Å². The van der Waals surface area contributed by atoms with E-state index in [1.165, 1.54) is 16.6 Å². The Bertz CT molecular complexity index is 2100. The zero-order valence-corrected chi connectivity index (χ0v) is 49.1. The topological polar surface area (TPSA) is 137 Å². The summed E-state index contributed by atoms with van der Waals surface area (Å²) in [5.41, 5.74) is 6.32. The molecule has 0 radical (unpaired) electrons. The molecule has 0 fully saturated rings. The van der Waals surface area contributed by atoms with Gasteiger partial charge in [0.05, 0.1) is 0 Å². The number of hydrogen-bond acceptors (Lipinski definition) is 9. The minimum atomic E-state index is -4.69. The van der Waals surface area contributed by atoms with Crippen molar-refractivity contribution in [1.82, 2.24) is 0 Å². The van der Waals surface area contributed by atoms with E-state index in [2.05, 4.69) is 83.1 Å². The molecule has 0 aliphatic carbocycles. The standard InChI is InChI=1S/2C28H43O4P.Al.H2O/c2*1-25(2,3)19-13-15-23(21(17-19)27(7,8)9)31-33(29,30)32-24-16-14-20(26(4,5)6)18-22(24)28(10,11)12;;/h2*13-18H,1-12H3,(H,29,30);;1H2/q;;+3;/p-3. The van der Waals surface area contributed by atoms with Gasteiger partial charge in [0, 0.05) is 22.3 Å². The van der Waals surface area contributed by atoms with Crippen LogP contribution in [-0.2, 0) is 52.5 Å². The molecule has 0 aliphatic rings. The molecule has 68 heavy (non-hydrogen) atoms. The summed E-state index contributed by atoms with van der Waals surface area (Å²) < 4.78 is 55.4. The maximum atomic E-state index is 13.1. The molecule has 9 nitrogen and oxygen atoms in total. The third kappa shape index (κ3) is 17.7. The van der Waals surface area contributed by atoms with Crippen molar-refractivity contribution in [2.45, 2.75) is 209 Å². The van der Waals surface area contributed by atoms with Crippen LogP contribution in [0.1, 0.15) is 211 Å². The van der Waals surface area contributed by atoms with Gasteiger partial charge in [-0.2, -0.15) is 0 Å². The fourth-order valence-corrected chi connectivity index (χ4v) is 8.84. The molecule has 376 valence electrons. The summed E-state index contributed by atoms with van der Waals surface area (Å²) >= 11 is 1.42. The molecule has 0 aliphatic heterocycles. The van der Waals surface area contributed by atoms with Gasteiger partial charge in [0.2, 0.25) is 0 Å². The molecule has 0 atom stereocenters. The minimum absolute atomic E-state index is 0.0629. The molecular weight excluding hydrogens is 906 g/mol. The third-order valence-corrected chi connectivity index (χ3v) is 13.1. The first-order chi connectivity index (χ1) is 30.2. The van der Waals surface area contributed by atoms with Gasteiger partial charge in [-0.15, -0.1) is 0 Å². The van der Waals surface area contributed by atoms with Crippen molar-refractivity contribution in [3.63, 3.8) is 0 Å². The second-order valence-electron chi connectivity index (χ2n) is 26.1. The Morgan fingerprint density at radius 2 is 0.471 bits per heavy atom. The van der Waals surface area contributed by atoms with Crippen LogP contribution in [0, 0.1) is 0 Å². The van der Waals surface area contributed by atoms with Gasteiger partial charge in [0.15, 0.2) is 0 Å². The molecule has 0 unspecified atom stereocenters. The SMILES string of the molecule is CC(C)(C)c1ccc(OP(=O)([O-])Oc2ccc(C(C)(C)C)cc2C(C)(C)C)c(C(C)(C)C)c1.CC(C)(C)c1ccc(OP(=O)([O-])Oc2ccc(C(C)(C)C)cc2C(C)(C)C)c(C(C)(C)C)c1.[OH][Al+2]. The Morgan fingerprint density at radius 3 is 0.588 bits per heavy atom. The molecule has 12 heteroatoms. The van der Waals surface area contributed by atoms with Crippen LogP contribution >= 0.6 is 15.6 Å². The Labute approximate surface area is 421 Å². The van der Waals surface area contributed by atoms with E-state index in [0.717, 1.165) is 44.5 Å². The van der Waals surface area contributed by atoms with Crippen LogP contribution in [0.4, 0.5) is 0 Å². The summed E-state index contributed by atoms with van der Waals surface area (Å²) in [7, 11) is -9.38. The van der Waals surface area contributed by atoms with Crippen LogP contribution in [0.3, 0.4) is 0 Å². The summed E-state index contributed by atoms with van der Waals surface area (Å²) in [6.45, 7) is 50.1. The average molecular weight is 991 g/mol. The fraction of sp³-hybridized carbons (Fsp3) is 0.571. The zero-order chi connectivity index (χ0) is 53.2. The monoisotopic (exact) mass is 991 g/mol. The van der Waals surface area contributed by atoms with Gasteiger partial charge in [-0.3, -0.25) is 0 Å². The van der Waals surface area contributed by atoms with Crippen LogP contribution in [0.15, 0.2) is 72.8 Å². The Morgan fingerprint density at radius 1 is 0.324 bits per heavy atom. The van der Waals surface area contributed by atoms with Gasteiger partial charge in [-0.1, -0.05) is 215 Å². The molecular formula is C56H85AlO9P2. The first-order valence-corrected chi connectivity index (χ1v) is 26.9. The summed E-state index contributed by atoms with van der Waals surface area (Å²) in [6.07, 6.45) is 0. The van der Waals surface area contributed by atoms with Gasteiger partial charge in [0.25, 0.3) is 0 Å². The number of phosphoric ester groups is 2. The van der Waals surface area contributed by atoms with Gasteiger partial charge >= 0.3 is 36.4 Å². The van der Waals surface area contributed by atoms with Crippen molar-refractivity contribution in [2.24, 2.45) is 0 Å². The van der Waals surface area contributed by atoms with Crippen LogP contribution in [0.25, 0.3) is 0 Å². The molecule has 4 aromatic carbocycles. The molecule has 0 saturated heterocycles. The summed E-state index contributed by atoms with van der Waals surface area (Å²) in [4.78, 5) is 26.1. The van der Waals surface area contributed by atoms with Gasteiger partial charge in [-0.25, -0.2) is 9.13 Å². The van der Waals surface area contributed by atoms with E-state index >= 15 is 0 Å². The third-order valence-electron chi connectivity index (χ3n) is 11.5. The van der Waals surface area contributed by atoms with Gasteiger partial charge in [0.1, 0.15) is 23.0 Å². The Kier molecular flexibility index (Phi) is 19.2. The number of benzene rings is 4. The predicted molar refractivity (Wildman–Crippen MR) is 281 cm³/mol. The van der Waals surface area contributed by atoms with Crippen LogP contribution in [-0.4, -0.2) is 20.8 Å². The predicted octanol–water partition coefficient (Wildman–Crippen LogP) is 14.7. The average Bonchev–Trinajstić information content (AvgIpc) is 3.12. The first kappa shape index (κ1) is 61.1. The second-order valence-corrected chi connectivity index (χ2v) is 28.6. The summed E-state index contributed by atoms with van der Waals surface area (Å²) in [5.74, 6) is 1.21. The van der Waals surface area contributed by atoms with Gasteiger partial charge < -0.3 is 27.9 Å². The molecule has 1 N–H and O–H groups in total. The van der Waals surface area contributed by atoms with E-state index in [0.29, 0.717) is 23.0 Å². The summed E-state index contributed by atoms with van der Waals surface area (Å²) in [5, 5.41) is 0. The molecule has 4 rings (SSSR count). The van der Waals surface area contributed by atoms with Crippen molar-refractivity contribution >= 4 is 32.3 Å². The van der Waals surface area contributed by atoms with E-state index in [9.17, 15) is 18.9 Å². The van der Waals surface area contributed by atoms with Crippen molar-refractivity contribution in [3.05, 3.63) is 117 Å². The van der Waals surface area contributed by atoms with Crippen molar-refractivity contribution in [1.29, 1.82) is 0 Å².